The molecule has 1 aliphatic rings. The number of carbonyl (C=O) groups excluding carboxylic acids is 1. The smallest absolute Gasteiger partial charge is 0.424 e. The summed E-state index contributed by atoms with van der Waals surface area (Å²) in [6.07, 6.45) is -4.13. The SMILES string of the molecule is Cn1ccnc1C(O)(CCNC(=O)OCC1c2ccccc2-c2ccccc21)C(F)(F)F. The lowest BCUT2D eigenvalue weighted by Crippen LogP contribution is -2.46. The van der Waals surface area contributed by atoms with Gasteiger partial charge in [0.25, 0.3) is 0 Å². The molecule has 9 heteroatoms. The van der Waals surface area contributed by atoms with Crippen LogP contribution in [0.1, 0.15) is 29.3 Å². The number of halogens is 3. The topological polar surface area (TPSA) is 76.4 Å². The molecule has 0 fully saturated rings. The van der Waals surface area contributed by atoms with Gasteiger partial charge in [0.05, 0.1) is 0 Å². The average molecular weight is 445 g/mol. The van der Waals surface area contributed by atoms with E-state index < -0.39 is 36.7 Å². The van der Waals surface area contributed by atoms with Crippen LogP contribution in [0.3, 0.4) is 0 Å². The van der Waals surface area contributed by atoms with Crippen LogP contribution in [0.5, 0.6) is 0 Å². The number of fused-ring (bicyclic) bond motifs is 3. The van der Waals surface area contributed by atoms with Crippen LogP contribution in [0.15, 0.2) is 60.9 Å². The molecule has 0 radical (unpaired) electrons. The van der Waals surface area contributed by atoms with Gasteiger partial charge in [-0.1, -0.05) is 48.5 Å². The van der Waals surface area contributed by atoms with E-state index in [0.717, 1.165) is 26.8 Å². The highest BCUT2D eigenvalue weighted by atomic mass is 19.4. The molecule has 1 aliphatic carbocycles. The summed E-state index contributed by atoms with van der Waals surface area (Å²) >= 11 is 0. The van der Waals surface area contributed by atoms with Crippen molar-refractivity contribution in [3.63, 3.8) is 0 Å². The second-order valence-corrected chi connectivity index (χ2v) is 7.72. The monoisotopic (exact) mass is 445 g/mol. The molecule has 2 aromatic carbocycles. The fourth-order valence-corrected chi connectivity index (χ4v) is 4.14. The van der Waals surface area contributed by atoms with E-state index in [9.17, 15) is 23.1 Å². The number of aliphatic hydroxyl groups is 1. The van der Waals surface area contributed by atoms with Crippen LogP contribution in [0.25, 0.3) is 11.1 Å². The molecule has 3 aromatic rings. The van der Waals surface area contributed by atoms with E-state index in [1.807, 2.05) is 48.5 Å². The molecule has 2 N–H and O–H groups in total. The zero-order valence-corrected chi connectivity index (χ0v) is 17.3. The lowest BCUT2D eigenvalue weighted by atomic mass is 9.97. The predicted octanol–water partition coefficient (Wildman–Crippen LogP) is 4.10. The Bertz CT molecular complexity index is 1080. The highest BCUT2D eigenvalue weighted by molar-refractivity contribution is 5.79. The average Bonchev–Trinajstić information content (AvgIpc) is 3.33. The number of carbonyl (C=O) groups is 1. The molecule has 0 saturated heterocycles. The van der Waals surface area contributed by atoms with Gasteiger partial charge in [-0.05, 0) is 22.3 Å². The minimum atomic E-state index is -4.96. The number of aromatic nitrogens is 2. The number of nitrogens with zero attached hydrogens (tertiary/aromatic N) is 2. The van der Waals surface area contributed by atoms with Crippen molar-refractivity contribution in [3.05, 3.63) is 77.9 Å². The Hall–Kier alpha value is -3.33. The molecule has 0 saturated carbocycles. The Morgan fingerprint density at radius 3 is 2.25 bits per heavy atom. The van der Waals surface area contributed by atoms with Gasteiger partial charge in [0, 0.05) is 38.3 Å². The number of alkyl carbamates (subject to hydrolysis) is 1. The lowest BCUT2D eigenvalue weighted by molar-refractivity contribution is -0.272. The van der Waals surface area contributed by atoms with Gasteiger partial charge < -0.3 is 19.7 Å². The number of alkyl halides is 3. The molecule has 0 spiro atoms. The van der Waals surface area contributed by atoms with Crippen LogP contribution in [-0.4, -0.2) is 40.1 Å². The van der Waals surface area contributed by atoms with E-state index in [2.05, 4.69) is 10.3 Å². The molecule has 1 aromatic heterocycles. The van der Waals surface area contributed by atoms with Gasteiger partial charge in [-0.25, -0.2) is 9.78 Å². The maximum absolute atomic E-state index is 13.6. The summed E-state index contributed by atoms with van der Waals surface area (Å²) in [7, 11) is 1.36. The molecule has 168 valence electrons. The first-order chi connectivity index (χ1) is 15.2. The second-order valence-electron chi connectivity index (χ2n) is 7.72. The molecule has 0 aliphatic heterocycles. The minimum absolute atomic E-state index is 0.0444. The van der Waals surface area contributed by atoms with E-state index in [-0.39, 0.29) is 12.5 Å². The van der Waals surface area contributed by atoms with Crippen LogP contribution in [0.4, 0.5) is 18.0 Å². The van der Waals surface area contributed by atoms with Gasteiger partial charge in [0.15, 0.2) is 0 Å². The summed E-state index contributed by atoms with van der Waals surface area (Å²) < 4.78 is 47.1. The van der Waals surface area contributed by atoms with Crippen LogP contribution in [0, 0.1) is 0 Å². The quantitative estimate of drug-likeness (QED) is 0.599. The van der Waals surface area contributed by atoms with Crippen LogP contribution >= 0.6 is 0 Å². The fourth-order valence-electron chi connectivity index (χ4n) is 4.14. The minimum Gasteiger partial charge on any atom is -0.449 e. The van der Waals surface area contributed by atoms with Crippen molar-refractivity contribution >= 4 is 6.09 Å². The van der Waals surface area contributed by atoms with Crippen molar-refractivity contribution in [2.45, 2.75) is 24.1 Å². The maximum atomic E-state index is 13.6. The van der Waals surface area contributed by atoms with Gasteiger partial charge in [-0.2, -0.15) is 13.2 Å². The third-order valence-corrected chi connectivity index (χ3v) is 5.76. The van der Waals surface area contributed by atoms with Gasteiger partial charge in [-0.15, -0.1) is 0 Å². The number of benzene rings is 2. The van der Waals surface area contributed by atoms with Gasteiger partial charge in [0.2, 0.25) is 5.60 Å². The zero-order chi connectivity index (χ0) is 22.9. The van der Waals surface area contributed by atoms with Gasteiger partial charge in [0.1, 0.15) is 12.4 Å². The number of nitrogens with one attached hydrogen (secondary N) is 1. The maximum Gasteiger partial charge on any atom is 0.424 e. The van der Waals surface area contributed by atoms with Crippen molar-refractivity contribution in [1.29, 1.82) is 0 Å². The van der Waals surface area contributed by atoms with Crippen molar-refractivity contribution in [3.8, 4) is 11.1 Å². The fraction of sp³-hybridized carbons (Fsp3) is 0.304. The molecule has 1 unspecified atom stereocenters. The van der Waals surface area contributed by atoms with Crippen LogP contribution in [0.2, 0.25) is 0 Å². The molecule has 1 heterocycles. The third-order valence-electron chi connectivity index (χ3n) is 5.76. The van der Waals surface area contributed by atoms with Crippen molar-refractivity contribution in [2.24, 2.45) is 7.05 Å². The normalized spacial score (nSPS) is 15.0. The third kappa shape index (κ3) is 3.84. The molecule has 32 heavy (non-hydrogen) atoms. The Balaban J connectivity index is 1.38. The molecule has 1 amide bonds. The molecular formula is C23H22F3N3O3. The number of rotatable bonds is 6. The first kappa shape index (κ1) is 21.9. The van der Waals surface area contributed by atoms with Gasteiger partial charge in [-0.3, -0.25) is 0 Å². The number of imidazole rings is 1. The molecular weight excluding hydrogens is 423 g/mol. The zero-order valence-electron chi connectivity index (χ0n) is 17.3. The second kappa shape index (κ2) is 8.31. The summed E-state index contributed by atoms with van der Waals surface area (Å²) in [5.41, 5.74) is 1.01. The summed E-state index contributed by atoms with van der Waals surface area (Å²) in [6.45, 7) is -0.400. The summed E-state index contributed by atoms with van der Waals surface area (Å²) in [4.78, 5) is 15.8. The lowest BCUT2D eigenvalue weighted by Gasteiger charge is -2.29. The molecule has 4 rings (SSSR count). The van der Waals surface area contributed by atoms with E-state index in [1.54, 1.807) is 0 Å². The number of hydrogen-bond donors (Lipinski definition) is 2. The number of hydrogen-bond acceptors (Lipinski definition) is 4. The molecule has 1 atom stereocenters. The number of ether oxygens (including phenoxy) is 1. The Morgan fingerprint density at radius 2 is 1.72 bits per heavy atom. The van der Waals surface area contributed by atoms with Crippen molar-refractivity contribution < 1.29 is 27.8 Å². The van der Waals surface area contributed by atoms with Crippen molar-refractivity contribution in [1.82, 2.24) is 14.9 Å². The highest BCUT2D eigenvalue weighted by Crippen LogP contribution is 2.44. The largest absolute Gasteiger partial charge is 0.449 e. The van der Waals surface area contributed by atoms with E-state index in [1.165, 1.54) is 19.4 Å². The number of amides is 1. The van der Waals surface area contributed by atoms with E-state index in [0.29, 0.717) is 0 Å². The van der Waals surface area contributed by atoms with Crippen molar-refractivity contribution in [2.75, 3.05) is 13.2 Å². The standard InChI is InChI=1S/C23H22F3N3O3/c1-29-13-12-27-20(29)22(31,23(24,25)26)10-11-28-21(30)32-14-19-17-8-4-2-6-15(17)16-7-3-5-9-18(16)19/h2-9,12-13,19,31H,10-11,14H2,1H3,(H,28,30). The Kier molecular flexibility index (Phi) is 5.68. The Labute approximate surface area is 182 Å². The van der Waals surface area contributed by atoms with E-state index >= 15 is 0 Å². The Morgan fingerprint density at radius 1 is 1.12 bits per heavy atom. The van der Waals surface area contributed by atoms with Gasteiger partial charge >= 0.3 is 12.3 Å². The van der Waals surface area contributed by atoms with Crippen LogP contribution < -0.4 is 5.32 Å². The summed E-state index contributed by atoms with van der Waals surface area (Å²) in [5.74, 6) is -0.702. The predicted molar refractivity (Wildman–Crippen MR) is 111 cm³/mol. The first-order valence-electron chi connectivity index (χ1n) is 10.1. The molecule has 6 nitrogen and oxygen atoms in total. The number of aryl methyl sites for hydroxylation is 1. The highest BCUT2D eigenvalue weighted by Gasteiger charge is 2.57. The first-order valence-corrected chi connectivity index (χ1v) is 10.1. The van der Waals surface area contributed by atoms with Crippen LogP contribution in [-0.2, 0) is 17.4 Å². The molecule has 0 bridgehead atoms. The summed E-state index contributed by atoms with van der Waals surface area (Å²) in [5, 5.41) is 12.6. The summed E-state index contributed by atoms with van der Waals surface area (Å²) in [6, 6.07) is 15.6. The van der Waals surface area contributed by atoms with E-state index in [4.69, 9.17) is 4.74 Å².